The van der Waals surface area contributed by atoms with Gasteiger partial charge in [0.2, 0.25) is 23.5 Å². The number of carbonyl (C=O) groups excluding carboxylic acids is 2. The van der Waals surface area contributed by atoms with Gasteiger partial charge in [0.05, 0.1) is 6.54 Å². The highest BCUT2D eigenvalue weighted by atomic mass is 32.1. The van der Waals surface area contributed by atoms with Crippen molar-refractivity contribution in [3.05, 3.63) is 51.5 Å². The number of carbonyl (C=O) groups is 2. The fraction of sp³-hybridized carbons (Fsp3) is 0.300. The maximum atomic E-state index is 12.1. The Bertz CT molecular complexity index is 956. The first-order valence-electron chi connectivity index (χ1n) is 8.92. The number of aromatic nitrogens is 2. The van der Waals surface area contributed by atoms with E-state index in [1.54, 1.807) is 11.3 Å². The first kappa shape index (κ1) is 19.8. The molecule has 7 nitrogen and oxygen atoms in total. The van der Waals surface area contributed by atoms with Gasteiger partial charge in [0.15, 0.2) is 0 Å². The largest absolute Gasteiger partial charge is 0.347 e. The van der Waals surface area contributed by atoms with Crippen LogP contribution in [0.3, 0.4) is 0 Å². The summed E-state index contributed by atoms with van der Waals surface area (Å²) in [5, 5.41) is 13.2. The zero-order valence-corrected chi connectivity index (χ0v) is 16.9. The van der Waals surface area contributed by atoms with E-state index in [-0.39, 0.29) is 24.8 Å². The van der Waals surface area contributed by atoms with Gasteiger partial charge in [0, 0.05) is 29.5 Å². The lowest BCUT2D eigenvalue weighted by atomic mass is 10.1. The lowest BCUT2D eigenvalue weighted by Crippen LogP contribution is -2.33. The SMILES string of the molecule is Cc1cc(C)c(NC(=O)CNC(=O)CCc2nc(-c3ccsc3)no2)c(C)c1. The van der Waals surface area contributed by atoms with Crippen LogP contribution < -0.4 is 10.6 Å². The van der Waals surface area contributed by atoms with E-state index in [2.05, 4.69) is 20.8 Å². The number of benzene rings is 1. The molecule has 0 bridgehead atoms. The summed E-state index contributed by atoms with van der Waals surface area (Å²) in [6.07, 6.45) is 0.488. The number of hydrogen-bond donors (Lipinski definition) is 2. The Hall–Kier alpha value is -3.00. The minimum Gasteiger partial charge on any atom is -0.347 e. The number of nitrogens with zero attached hydrogens (tertiary/aromatic N) is 2. The predicted octanol–water partition coefficient (Wildman–Crippen LogP) is 3.41. The first-order valence-corrected chi connectivity index (χ1v) is 9.86. The molecule has 3 aromatic rings. The summed E-state index contributed by atoms with van der Waals surface area (Å²) in [7, 11) is 0. The van der Waals surface area contributed by atoms with Crippen molar-refractivity contribution in [2.45, 2.75) is 33.6 Å². The van der Waals surface area contributed by atoms with Crippen LogP contribution in [0.4, 0.5) is 5.69 Å². The van der Waals surface area contributed by atoms with E-state index in [9.17, 15) is 9.59 Å². The Morgan fingerprint density at radius 1 is 1.14 bits per heavy atom. The van der Waals surface area contributed by atoms with Crippen molar-refractivity contribution in [2.24, 2.45) is 0 Å². The topological polar surface area (TPSA) is 97.1 Å². The molecule has 0 radical (unpaired) electrons. The molecule has 0 saturated heterocycles. The Labute approximate surface area is 167 Å². The Morgan fingerprint density at radius 3 is 2.57 bits per heavy atom. The molecule has 0 atom stereocenters. The van der Waals surface area contributed by atoms with E-state index in [1.165, 1.54) is 0 Å². The molecule has 0 fully saturated rings. The highest BCUT2D eigenvalue weighted by Gasteiger charge is 2.13. The number of anilines is 1. The monoisotopic (exact) mass is 398 g/mol. The summed E-state index contributed by atoms with van der Waals surface area (Å²) in [6, 6.07) is 5.92. The van der Waals surface area contributed by atoms with E-state index in [4.69, 9.17) is 4.52 Å². The number of nitrogens with one attached hydrogen (secondary N) is 2. The minimum absolute atomic E-state index is 0.0877. The van der Waals surface area contributed by atoms with Gasteiger partial charge in [0.1, 0.15) is 0 Å². The molecule has 2 N–H and O–H groups in total. The first-order chi connectivity index (χ1) is 13.4. The van der Waals surface area contributed by atoms with E-state index >= 15 is 0 Å². The molecule has 28 heavy (non-hydrogen) atoms. The van der Waals surface area contributed by atoms with Crippen LogP contribution in [0.15, 0.2) is 33.5 Å². The van der Waals surface area contributed by atoms with Crippen molar-refractivity contribution in [1.29, 1.82) is 0 Å². The highest BCUT2D eigenvalue weighted by molar-refractivity contribution is 7.08. The average Bonchev–Trinajstić information content (AvgIpc) is 3.32. The maximum absolute atomic E-state index is 12.1. The summed E-state index contributed by atoms with van der Waals surface area (Å²) in [5.74, 6) is 0.398. The second-order valence-corrected chi connectivity index (χ2v) is 7.40. The molecular formula is C20H22N4O3S. The van der Waals surface area contributed by atoms with Crippen molar-refractivity contribution >= 4 is 28.8 Å². The smallest absolute Gasteiger partial charge is 0.243 e. The van der Waals surface area contributed by atoms with Crippen LogP contribution >= 0.6 is 11.3 Å². The Morgan fingerprint density at radius 2 is 1.89 bits per heavy atom. The van der Waals surface area contributed by atoms with Crippen LogP contribution in [0.5, 0.6) is 0 Å². The molecule has 0 aliphatic rings. The van der Waals surface area contributed by atoms with Gasteiger partial charge in [-0.25, -0.2) is 0 Å². The zero-order chi connectivity index (χ0) is 20.1. The standard InChI is InChI=1S/C20H22N4O3S/c1-12-8-13(2)19(14(3)9-12)22-17(26)10-21-16(25)4-5-18-23-20(24-27-18)15-6-7-28-11-15/h6-9,11H,4-5,10H2,1-3H3,(H,21,25)(H,22,26). The van der Waals surface area contributed by atoms with Crippen molar-refractivity contribution in [3.8, 4) is 11.4 Å². The molecule has 0 aliphatic carbocycles. The summed E-state index contributed by atoms with van der Waals surface area (Å²) < 4.78 is 5.16. The van der Waals surface area contributed by atoms with Crippen LogP contribution in [0.2, 0.25) is 0 Å². The van der Waals surface area contributed by atoms with Crippen molar-refractivity contribution < 1.29 is 14.1 Å². The zero-order valence-electron chi connectivity index (χ0n) is 16.0. The van der Waals surface area contributed by atoms with Gasteiger partial charge in [0.25, 0.3) is 0 Å². The molecule has 0 spiro atoms. The number of thiophene rings is 1. The number of hydrogen-bond acceptors (Lipinski definition) is 6. The molecule has 0 saturated carbocycles. The molecule has 3 rings (SSSR count). The highest BCUT2D eigenvalue weighted by Crippen LogP contribution is 2.21. The summed E-state index contributed by atoms with van der Waals surface area (Å²) >= 11 is 1.55. The van der Waals surface area contributed by atoms with Gasteiger partial charge >= 0.3 is 0 Å². The molecule has 2 amide bonds. The molecule has 1 aromatic carbocycles. The van der Waals surface area contributed by atoms with Crippen LogP contribution in [-0.4, -0.2) is 28.5 Å². The van der Waals surface area contributed by atoms with Gasteiger partial charge in [-0.2, -0.15) is 16.3 Å². The van der Waals surface area contributed by atoms with Gasteiger partial charge in [-0.3, -0.25) is 9.59 Å². The molecule has 0 aliphatic heterocycles. The lowest BCUT2D eigenvalue weighted by molar-refractivity contribution is -0.124. The maximum Gasteiger partial charge on any atom is 0.243 e. The van der Waals surface area contributed by atoms with Crippen LogP contribution in [0, 0.1) is 20.8 Å². The second kappa shape index (κ2) is 8.79. The molecule has 2 heterocycles. The lowest BCUT2D eigenvalue weighted by Gasteiger charge is -2.13. The predicted molar refractivity (Wildman–Crippen MR) is 108 cm³/mol. The number of rotatable bonds is 7. The van der Waals surface area contributed by atoms with Crippen LogP contribution in [0.1, 0.15) is 29.0 Å². The summed E-state index contributed by atoms with van der Waals surface area (Å²) in [6.45, 7) is 5.82. The Kier molecular flexibility index (Phi) is 6.20. The number of aryl methyl sites for hydroxylation is 4. The quantitative estimate of drug-likeness (QED) is 0.636. The molecule has 0 unspecified atom stereocenters. The van der Waals surface area contributed by atoms with E-state index < -0.39 is 0 Å². The van der Waals surface area contributed by atoms with Crippen molar-refractivity contribution in [1.82, 2.24) is 15.5 Å². The fourth-order valence-corrected chi connectivity index (χ4v) is 3.55. The van der Waals surface area contributed by atoms with Crippen molar-refractivity contribution in [2.75, 3.05) is 11.9 Å². The van der Waals surface area contributed by atoms with Gasteiger partial charge in [-0.1, -0.05) is 22.9 Å². The third kappa shape index (κ3) is 5.04. The van der Waals surface area contributed by atoms with E-state index in [0.29, 0.717) is 18.1 Å². The van der Waals surface area contributed by atoms with Gasteiger partial charge in [-0.05, 0) is 43.3 Å². The third-order valence-corrected chi connectivity index (χ3v) is 4.88. The van der Waals surface area contributed by atoms with Crippen LogP contribution in [-0.2, 0) is 16.0 Å². The molecule has 146 valence electrons. The van der Waals surface area contributed by atoms with E-state index in [0.717, 1.165) is 27.9 Å². The fourth-order valence-electron chi connectivity index (χ4n) is 2.91. The summed E-state index contributed by atoms with van der Waals surface area (Å²) in [5.41, 5.74) is 4.81. The molecule has 8 heteroatoms. The Balaban J connectivity index is 1.45. The van der Waals surface area contributed by atoms with Gasteiger partial charge in [-0.15, -0.1) is 0 Å². The average molecular weight is 398 g/mol. The molecule has 2 aromatic heterocycles. The normalized spacial score (nSPS) is 10.7. The van der Waals surface area contributed by atoms with Gasteiger partial charge < -0.3 is 15.2 Å². The van der Waals surface area contributed by atoms with E-state index in [1.807, 2.05) is 49.7 Å². The minimum atomic E-state index is -0.263. The number of amides is 2. The third-order valence-electron chi connectivity index (χ3n) is 4.20. The summed E-state index contributed by atoms with van der Waals surface area (Å²) in [4.78, 5) is 28.4. The van der Waals surface area contributed by atoms with Crippen molar-refractivity contribution in [3.63, 3.8) is 0 Å². The molecular weight excluding hydrogens is 376 g/mol. The second-order valence-electron chi connectivity index (χ2n) is 6.62. The van der Waals surface area contributed by atoms with Crippen LogP contribution in [0.25, 0.3) is 11.4 Å².